The van der Waals surface area contributed by atoms with E-state index in [-0.39, 0.29) is 0 Å². The van der Waals surface area contributed by atoms with E-state index < -0.39 is 0 Å². The van der Waals surface area contributed by atoms with E-state index in [1.165, 1.54) is 45.3 Å². The molecule has 0 aliphatic carbocycles. The predicted molar refractivity (Wildman–Crippen MR) is 81.0 cm³/mol. The predicted octanol–water partition coefficient (Wildman–Crippen LogP) is 3.52. The zero-order valence-electron chi connectivity index (χ0n) is 13.2. The summed E-state index contributed by atoms with van der Waals surface area (Å²) in [5.74, 6) is 1.65. The van der Waals surface area contributed by atoms with Gasteiger partial charge in [-0.15, -0.1) is 0 Å². The molecular formula is C16H34N2. The normalized spacial score (nSPS) is 25.3. The molecule has 1 aliphatic heterocycles. The number of piperidine rings is 1. The van der Waals surface area contributed by atoms with Crippen molar-refractivity contribution in [1.29, 1.82) is 0 Å². The summed E-state index contributed by atoms with van der Waals surface area (Å²) in [5.41, 5.74) is 0. The fourth-order valence-corrected chi connectivity index (χ4v) is 2.76. The van der Waals surface area contributed by atoms with Gasteiger partial charge in [-0.05, 0) is 64.1 Å². The fraction of sp³-hybridized carbons (Fsp3) is 1.00. The van der Waals surface area contributed by atoms with Crippen molar-refractivity contribution in [3.63, 3.8) is 0 Å². The van der Waals surface area contributed by atoms with Crippen LogP contribution in [0.4, 0.5) is 0 Å². The molecule has 2 unspecified atom stereocenters. The van der Waals surface area contributed by atoms with E-state index in [1.807, 2.05) is 0 Å². The molecule has 1 saturated heterocycles. The Hall–Kier alpha value is -0.0800. The third-order valence-corrected chi connectivity index (χ3v) is 4.10. The summed E-state index contributed by atoms with van der Waals surface area (Å²) < 4.78 is 0. The Labute approximate surface area is 115 Å². The molecule has 1 aliphatic rings. The third kappa shape index (κ3) is 6.19. The van der Waals surface area contributed by atoms with Crippen LogP contribution in [0.15, 0.2) is 0 Å². The van der Waals surface area contributed by atoms with Crippen LogP contribution in [0.3, 0.4) is 0 Å². The van der Waals surface area contributed by atoms with E-state index >= 15 is 0 Å². The number of nitrogens with one attached hydrogen (secondary N) is 1. The molecule has 0 spiro atoms. The molecule has 2 atom stereocenters. The molecule has 0 saturated carbocycles. The van der Waals surface area contributed by atoms with Crippen molar-refractivity contribution in [2.45, 2.75) is 72.4 Å². The molecule has 1 heterocycles. The maximum atomic E-state index is 3.57. The summed E-state index contributed by atoms with van der Waals surface area (Å²) in [6.07, 6.45) is 5.35. The highest BCUT2D eigenvalue weighted by molar-refractivity contribution is 4.82. The van der Waals surface area contributed by atoms with Crippen molar-refractivity contribution >= 4 is 0 Å². The van der Waals surface area contributed by atoms with Crippen LogP contribution in [0.25, 0.3) is 0 Å². The van der Waals surface area contributed by atoms with Gasteiger partial charge in [0.15, 0.2) is 0 Å². The van der Waals surface area contributed by atoms with Gasteiger partial charge in [0.25, 0.3) is 0 Å². The highest BCUT2D eigenvalue weighted by Gasteiger charge is 2.24. The summed E-state index contributed by atoms with van der Waals surface area (Å²) in [7, 11) is 0. The van der Waals surface area contributed by atoms with Gasteiger partial charge in [0, 0.05) is 12.1 Å². The van der Waals surface area contributed by atoms with Gasteiger partial charge in [0.1, 0.15) is 0 Å². The second-order valence-corrected chi connectivity index (χ2v) is 6.93. The number of hydrogen-bond acceptors (Lipinski definition) is 2. The third-order valence-electron chi connectivity index (χ3n) is 4.10. The molecule has 0 radical (unpaired) electrons. The molecule has 0 aromatic heterocycles. The smallest absolute Gasteiger partial charge is 0.0122 e. The first-order valence-corrected chi connectivity index (χ1v) is 7.96. The second kappa shape index (κ2) is 8.16. The summed E-state index contributed by atoms with van der Waals surface area (Å²) in [4.78, 5) is 2.78. The van der Waals surface area contributed by atoms with Gasteiger partial charge in [-0.25, -0.2) is 0 Å². The van der Waals surface area contributed by atoms with E-state index in [4.69, 9.17) is 0 Å². The lowest BCUT2D eigenvalue weighted by atomic mass is 9.97. The lowest BCUT2D eigenvalue weighted by molar-refractivity contribution is 0.134. The summed E-state index contributed by atoms with van der Waals surface area (Å²) >= 11 is 0. The molecule has 108 valence electrons. The first-order valence-electron chi connectivity index (χ1n) is 7.96. The molecule has 1 N–H and O–H groups in total. The fourth-order valence-electron chi connectivity index (χ4n) is 2.76. The molecule has 1 rings (SSSR count). The van der Waals surface area contributed by atoms with Crippen LogP contribution in [0.2, 0.25) is 0 Å². The molecule has 0 bridgehead atoms. The maximum Gasteiger partial charge on any atom is 0.0122 e. The molecule has 2 nitrogen and oxygen atoms in total. The minimum absolute atomic E-state index is 0.698. The Morgan fingerprint density at radius 1 is 1.06 bits per heavy atom. The topological polar surface area (TPSA) is 15.3 Å². The van der Waals surface area contributed by atoms with E-state index in [0.717, 1.165) is 17.9 Å². The molecule has 0 amide bonds. The minimum Gasteiger partial charge on any atom is -0.314 e. The lowest BCUT2D eigenvalue weighted by Gasteiger charge is -2.38. The first-order chi connectivity index (χ1) is 8.49. The van der Waals surface area contributed by atoms with Crippen LogP contribution in [0, 0.1) is 11.8 Å². The van der Waals surface area contributed by atoms with Crippen molar-refractivity contribution in [3.8, 4) is 0 Å². The molecule has 18 heavy (non-hydrogen) atoms. The van der Waals surface area contributed by atoms with E-state index in [1.54, 1.807) is 0 Å². The Kier molecular flexibility index (Phi) is 7.25. The Balaban J connectivity index is 2.46. The number of hydrogen-bond donors (Lipinski definition) is 1. The standard InChI is InChI=1S/C16H34N2/c1-13(2)7-10-18(11-8-14(3)4)16-6-9-17-15(5)12-16/h13-17H,6-12H2,1-5H3. The Morgan fingerprint density at radius 3 is 2.06 bits per heavy atom. The van der Waals surface area contributed by atoms with Crippen LogP contribution in [0.1, 0.15) is 60.3 Å². The molecular weight excluding hydrogens is 220 g/mol. The van der Waals surface area contributed by atoms with E-state index in [2.05, 4.69) is 44.8 Å². The van der Waals surface area contributed by atoms with E-state index in [0.29, 0.717) is 6.04 Å². The largest absolute Gasteiger partial charge is 0.314 e. The van der Waals surface area contributed by atoms with Crippen molar-refractivity contribution < 1.29 is 0 Å². The van der Waals surface area contributed by atoms with Crippen LogP contribution in [-0.2, 0) is 0 Å². The summed E-state index contributed by atoms with van der Waals surface area (Å²) in [6, 6.07) is 1.52. The highest BCUT2D eigenvalue weighted by atomic mass is 15.2. The Bertz CT molecular complexity index is 201. The van der Waals surface area contributed by atoms with Crippen LogP contribution in [-0.4, -0.2) is 36.6 Å². The summed E-state index contributed by atoms with van der Waals surface area (Å²) in [6.45, 7) is 15.5. The number of nitrogens with zero attached hydrogens (tertiary/aromatic N) is 1. The van der Waals surface area contributed by atoms with Crippen LogP contribution < -0.4 is 5.32 Å². The van der Waals surface area contributed by atoms with Crippen LogP contribution in [0.5, 0.6) is 0 Å². The van der Waals surface area contributed by atoms with Gasteiger partial charge in [-0.1, -0.05) is 27.7 Å². The molecule has 1 fully saturated rings. The highest BCUT2D eigenvalue weighted by Crippen LogP contribution is 2.18. The van der Waals surface area contributed by atoms with Crippen molar-refractivity contribution in [1.82, 2.24) is 10.2 Å². The average Bonchev–Trinajstić information content (AvgIpc) is 2.28. The molecule has 2 heteroatoms. The van der Waals surface area contributed by atoms with Gasteiger partial charge in [0.2, 0.25) is 0 Å². The van der Waals surface area contributed by atoms with Gasteiger partial charge < -0.3 is 10.2 Å². The molecule has 0 aromatic carbocycles. The van der Waals surface area contributed by atoms with Gasteiger partial charge in [0.05, 0.1) is 0 Å². The lowest BCUT2D eigenvalue weighted by Crippen LogP contribution is -2.47. The zero-order valence-corrected chi connectivity index (χ0v) is 13.2. The number of rotatable bonds is 7. The van der Waals surface area contributed by atoms with Crippen molar-refractivity contribution in [3.05, 3.63) is 0 Å². The maximum absolute atomic E-state index is 3.57. The summed E-state index contributed by atoms with van der Waals surface area (Å²) in [5, 5.41) is 3.57. The average molecular weight is 254 g/mol. The quantitative estimate of drug-likeness (QED) is 0.748. The van der Waals surface area contributed by atoms with Gasteiger partial charge in [-0.3, -0.25) is 0 Å². The van der Waals surface area contributed by atoms with Gasteiger partial charge in [-0.2, -0.15) is 0 Å². The zero-order chi connectivity index (χ0) is 13.5. The van der Waals surface area contributed by atoms with Crippen LogP contribution >= 0.6 is 0 Å². The van der Waals surface area contributed by atoms with Gasteiger partial charge >= 0.3 is 0 Å². The van der Waals surface area contributed by atoms with E-state index in [9.17, 15) is 0 Å². The molecule has 0 aromatic rings. The minimum atomic E-state index is 0.698. The Morgan fingerprint density at radius 2 is 1.61 bits per heavy atom. The van der Waals surface area contributed by atoms with Crippen molar-refractivity contribution in [2.24, 2.45) is 11.8 Å². The second-order valence-electron chi connectivity index (χ2n) is 6.93. The first kappa shape index (κ1) is 16.0. The van der Waals surface area contributed by atoms with Crippen molar-refractivity contribution in [2.75, 3.05) is 19.6 Å². The monoisotopic (exact) mass is 254 g/mol. The SMILES string of the molecule is CC(C)CCN(CCC(C)C)C1CCNC(C)C1.